The second kappa shape index (κ2) is 16.9. The first-order valence-electron chi connectivity index (χ1n) is 13.5. The van der Waals surface area contributed by atoms with Gasteiger partial charge >= 0.3 is 0 Å². The van der Waals surface area contributed by atoms with Crippen molar-refractivity contribution in [3.05, 3.63) is 77.2 Å². The molecule has 1 atom stereocenters. The molecule has 0 radical (unpaired) electrons. The third-order valence-electron chi connectivity index (χ3n) is 6.83. The van der Waals surface area contributed by atoms with E-state index >= 15 is 0 Å². The molecular weight excluding hydrogens is 798 g/mol. The maximum Gasteiger partial charge on any atom is 0.255 e. The summed E-state index contributed by atoms with van der Waals surface area (Å²) in [6, 6.07) is 17.4. The number of rotatable bonds is 13. The molecule has 0 aliphatic carbocycles. The van der Waals surface area contributed by atoms with Crippen LogP contribution in [0.4, 0.5) is 0 Å². The summed E-state index contributed by atoms with van der Waals surface area (Å²) in [5, 5.41) is 14.0. The zero-order valence-electron chi connectivity index (χ0n) is 23.8. The van der Waals surface area contributed by atoms with Gasteiger partial charge in [0, 0.05) is 56.2 Å². The third-order valence-corrected chi connectivity index (χ3v) is 8.40. The number of unbranched alkanes of at least 4 members (excludes halogenated alkanes) is 1. The number of likely N-dealkylation sites (N-methyl/N-ethyl adjacent to an activating group) is 2. The first-order valence-corrected chi connectivity index (χ1v) is 21.4. The fourth-order valence-electron chi connectivity index (χ4n) is 4.60. The van der Waals surface area contributed by atoms with Crippen LogP contribution in [0, 0.1) is 0 Å². The predicted octanol–water partition coefficient (Wildman–Crippen LogP) is 4.17. The summed E-state index contributed by atoms with van der Waals surface area (Å²) in [6.07, 6.45) is 1.50. The zero-order valence-corrected chi connectivity index (χ0v) is 28.9. The van der Waals surface area contributed by atoms with E-state index in [-0.39, 0.29) is 29.7 Å². The summed E-state index contributed by atoms with van der Waals surface area (Å²) in [5.74, 6) is -0.523. The van der Waals surface area contributed by atoms with Gasteiger partial charge in [0.2, 0.25) is 21.7 Å². The third kappa shape index (κ3) is 9.36. The first-order chi connectivity index (χ1) is 20.7. The molecule has 230 valence electrons. The molecule has 0 aromatic heterocycles. The Balaban J connectivity index is 0.00000248. The molecule has 1 aliphatic heterocycles. The summed E-state index contributed by atoms with van der Waals surface area (Å²) < 4.78 is 30.8. The Morgan fingerprint density at radius 1 is 0.907 bits per heavy atom. The van der Waals surface area contributed by atoms with Gasteiger partial charge < -0.3 is 26.0 Å². The van der Waals surface area contributed by atoms with Crippen molar-refractivity contribution in [2.24, 2.45) is 0 Å². The smallest absolute Gasteiger partial charge is 0.255 e. The van der Waals surface area contributed by atoms with Gasteiger partial charge in [0.1, 0.15) is 5.75 Å². The topological polar surface area (TPSA) is 143 Å². The lowest BCUT2D eigenvalue weighted by molar-refractivity contribution is -0.123. The Bertz CT molecular complexity index is 1600. The summed E-state index contributed by atoms with van der Waals surface area (Å²) >= 11 is 4.24. The maximum atomic E-state index is 12.8. The van der Waals surface area contributed by atoms with Gasteiger partial charge in [0.15, 0.2) is 0 Å². The minimum absolute atomic E-state index is 0.144. The van der Waals surface area contributed by atoms with Gasteiger partial charge in [-0.05, 0) is 66.4 Å². The van der Waals surface area contributed by atoms with Gasteiger partial charge in [0.05, 0.1) is 29.7 Å². The SMILES string of the molecule is CNC(=O)CNC(=O)c1cc2ccccc2cc1OCCCCNC(=O)C(CC1=CS(=O)(=O)c2ccccc21)NC.II. The van der Waals surface area contributed by atoms with Gasteiger partial charge in [-0.15, -0.1) is 0 Å². The summed E-state index contributed by atoms with van der Waals surface area (Å²) in [4.78, 5) is 37.4. The molecule has 0 spiro atoms. The monoisotopic (exact) mass is 832 g/mol. The highest BCUT2D eigenvalue weighted by Crippen LogP contribution is 2.35. The second-order valence-corrected chi connectivity index (χ2v) is 11.4. The summed E-state index contributed by atoms with van der Waals surface area (Å²) in [5.41, 5.74) is 1.57. The molecule has 1 unspecified atom stereocenters. The van der Waals surface area contributed by atoms with Crippen LogP contribution in [-0.2, 0) is 19.4 Å². The lowest BCUT2D eigenvalue weighted by atomic mass is 10.00. The van der Waals surface area contributed by atoms with Crippen molar-refractivity contribution in [1.29, 1.82) is 0 Å². The second-order valence-electron chi connectivity index (χ2n) is 9.63. The van der Waals surface area contributed by atoms with Crippen molar-refractivity contribution in [2.75, 3.05) is 33.8 Å². The van der Waals surface area contributed by atoms with Crippen LogP contribution < -0.4 is 26.0 Å². The number of nitrogens with one attached hydrogen (secondary N) is 4. The number of sulfone groups is 1. The van der Waals surface area contributed by atoms with Crippen LogP contribution in [0.2, 0.25) is 0 Å². The Kier molecular flexibility index (Phi) is 13.7. The number of amides is 3. The molecule has 0 saturated carbocycles. The summed E-state index contributed by atoms with van der Waals surface area (Å²) in [7, 11) is -0.326. The molecule has 3 aromatic rings. The van der Waals surface area contributed by atoms with E-state index in [2.05, 4.69) is 58.5 Å². The van der Waals surface area contributed by atoms with Crippen molar-refractivity contribution in [2.45, 2.75) is 30.2 Å². The minimum atomic E-state index is -3.49. The first kappa shape index (κ1) is 34.7. The highest BCUT2D eigenvalue weighted by Gasteiger charge is 2.29. The van der Waals surface area contributed by atoms with E-state index < -0.39 is 21.8 Å². The van der Waals surface area contributed by atoms with E-state index in [4.69, 9.17) is 4.74 Å². The standard InChI is InChI=1S/C30H34N4O6S.I2/c1-31-25(16-22-19-41(38,39)27-12-6-5-11-23(22)27)30(37)33-13-7-8-14-40-26-17-21-10-4-3-9-20(21)15-24(26)29(36)34-18-28(35)32-2;1-2/h3-6,9-12,15,17,19,25,31H,7-8,13-14,16,18H2,1-2H3,(H,32,35)(H,33,37)(H,34,36);. The molecule has 10 nitrogen and oxygen atoms in total. The number of carbonyl (C=O) groups is 3. The molecule has 13 heteroatoms. The summed E-state index contributed by atoms with van der Waals surface area (Å²) in [6.45, 7) is 0.584. The Hall–Kier alpha value is -2.76. The molecule has 4 rings (SSSR count). The number of benzene rings is 3. The van der Waals surface area contributed by atoms with E-state index in [0.29, 0.717) is 48.4 Å². The average molecular weight is 832 g/mol. The lowest BCUT2D eigenvalue weighted by Crippen LogP contribution is -2.43. The van der Waals surface area contributed by atoms with Gasteiger partial charge in [-0.25, -0.2) is 8.42 Å². The molecule has 3 aromatic carbocycles. The number of hydrogen-bond acceptors (Lipinski definition) is 7. The number of ether oxygens (including phenoxy) is 1. The number of hydrogen-bond donors (Lipinski definition) is 4. The molecule has 0 fully saturated rings. The Morgan fingerprint density at radius 2 is 1.58 bits per heavy atom. The van der Waals surface area contributed by atoms with Crippen molar-refractivity contribution >= 4 is 81.1 Å². The minimum Gasteiger partial charge on any atom is -0.493 e. The Morgan fingerprint density at radius 3 is 2.28 bits per heavy atom. The molecule has 0 saturated heterocycles. The molecule has 3 amide bonds. The normalized spacial score (nSPS) is 13.5. The van der Waals surface area contributed by atoms with Crippen LogP contribution in [0.1, 0.15) is 35.2 Å². The quantitative estimate of drug-likeness (QED) is 0.150. The zero-order chi connectivity index (χ0) is 31.4. The van der Waals surface area contributed by atoms with Crippen molar-refractivity contribution in [3.63, 3.8) is 0 Å². The molecule has 4 N–H and O–H groups in total. The van der Waals surface area contributed by atoms with E-state index in [1.54, 1.807) is 43.4 Å². The van der Waals surface area contributed by atoms with E-state index in [1.165, 1.54) is 12.5 Å². The molecule has 43 heavy (non-hydrogen) atoms. The largest absolute Gasteiger partial charge is 0.493 e. The van der Waals surface area contributed by atoms with Crippen LogP contribution in [0.15, 0.2) is 71.0 Å². The fraction of sp³-hybridized carbons (Fsp3) is 0.300. The van der Waals surface area contributed by atoms with Gasteiger partial charge in [-0.2, -0.15) is 0 Å². The predicted molar refractivity (Wildman–Crippen MR) is 185 cm³/mol. The van der Waals surface area contributed by atoms with Gasteiger partial charge in [-0.3, -0.25) is 14.4 Å². The van der Waals surface area contributed by atoms with Crippen LogP contribution in [-0.4, -0.2) is 66.0 Å². The van der Waals surface area contributed by atoms with Crippen molar-refractivity contribution in [3.8, 4) is 5.75 Å². The molecule has 0 bridgehead atoms. The van der Waals surface area contributed by atoms with Crippen LogP contribution in [0.25, 0.3) is 16.3 Å². The maximum absolute atomic E-state index is 12.8. The van der Waals surface area contributed by atoms with Crippen LogP contribution in [0.3, 0.4) is 0 Å². The highest BCUT2D eigenvalue weighted by atomic mass is 128. The van der Waals surface area contributed by atoms with Gasteiger partial charge in [0.25, 0.3) is 5.91 Å². The number of halogens is 2. The van der Waals surface area contributed by atoms with Crippen molar-refractivity contribution in [1.82, 2.24) is 21.3 Å². The van der Waals surface area contributed by atoms with E-state index in [0.717, 1.165) is 10.8 Å². The Labute approximate surface area is 275 Å². The van der Waals surface area contributed by atoms with Crippen LogP contribution >= 0.6 is 37.2 Å². The number of carbonyl (C=O) groups excluding carboxylic acids is 3. The molecular formula is C30H34I2N4O6S. The van der Waals surface area contributed by atoms with Crippen LogP contribution in [0.5, 0.6) is 5.75 Å². The lowest BCUT2D eigenvalue weighted by Gasteiger charge is -2.17. The molecule has 1 aliphatic rings. The number of fused-ring (bicyclic) bond motifs is 2. The van der Waals surface area contributed by atoms with E-state index in [1.807, 2.05) is 24.3 Å². The van der Waals surface area contributed by atoms with Crippen molar-refractivity contribution < 1.29 is 27.5 Å². The fourth-order valence-corrected chi connectivity index (χ4v) is 6.10. The molecule has 1 heterocycles. The van der Waals surface area contributed by atoms with Gasteiger partial charge in [-0.1, -0.05) is 42.5 Å². The highest BCUT2D eigenvalue weighted by molar-refractivity contribution is 15.0. The average Bonchev–Trinajstić information content (AvgIpc) is 3.29. The van der Waals surface area contributed by atoms with E-state index in [9.17, 15) is 22.8 Å².